The summed E-state index contributed by atoms with van der Waals surface area (Å²) in [6, 6.07) is 8.02. The van der Waals surface area contributed by atoms with E-state index in [1.54, 1.807) is 0 Å². The molecule has 0 spiro atoms. The maximum atomic E-state index is 7.62. The summed E-state index contributed by atoms with van der Waals surface area (Å²) in [4.78, 5) is 2.15. The predicted molar refractivity (Wildman–Crippen MR) is 76.0 cm³/mol. The number of para-hydroxylation sites is 1. The van der Waals surface area contributed by atoms with Crippen LogP contribution in [0.4, 0.5) is 5.69 Å². The molecule has 2 heteroatoms. The van der Waals surface area contributed by atoms with Crippen molar-refractivity contribution in [3.05, 3.63) is 29.8 Å². The largest absolute Gasteiger partial charge is 0.374 e. The summed E-state index contributed by atoms with van der Waals surface area (Å²) < 4.78 is 0. The Labute approximate surface area is 101 Å². The van der Waals surface area contributed by atoms with E-state index in [-0.39, 0.29) is 7.43 Å². The third-order valence-corrected chi connectivity index (χ3v) is 2.19. The maximum Gasteiger partial charge on any atom is 0.0455 e. The summed E-state index contributed by atoms with van der Waals surface area (Å²) in [5.41, 5.74) is 2.78. The molecule has 0 radical (unpaired) electrons. The highest BCUT2D eigenvalue weighted by molar-refractivity contribution is 6.01. The highest BCUT2D eigenvalue weighted by Gasteiger charge is 2.05. The lowest BCUT2D eigenvalue weighted by Crippen LogP contribution is -2.18. The van der Waals surface area contributed by atoms with Crippen molar-refractivity contribution in [2.45, 2.75) is 35.1 Å². The zero-order chi connectivity index (χ0) is 11.8. The molecule has 2 nitrogen and oxygen atoms in total. The molecule has 92 valence electrons. The van der Waals surface area contributed by atoms with Gasteiger partial charge in [-0.15, -0.1) is 0 Å². The number of nitrogens with zero attached hydrogens (tertiary/aromatic N) is 1. The second kappa shape index (κ2) is 8.96. The van der Waals surface area contributed by atoms with Crippen LogP contribution in [0.1, 0.15) is 40.7 Å². The average molecular weight is 222 g/mol. The minimum atomic E-state index is 0. The maximum absolute atomic E-state index is 7.62. The number of anilines is 1. The Balaban J connectivity index is 0. The summed E-state index contributed by atoms with van der Waals surface area (Å²) in [6.07, 6.45) is 0. The molecule has 1 aromatic carbocycles. The molecular weight excluding hydrogens is 196 g/mol. The number of rotatable bonds is 3. The Bertz CT molecular complexity index is 305. The fourth-order valence-electron chi connectivity index (χ4n) is 1.29. The van der Waals surface area contributed by atoms with E-state index in [1.165, 1.54) is 0 Å². The van der Waals surface area contributed by atoms with Crippen molar-refractivity contribution in [3.63, 3.8) is 0 Å². The molecule has 0 bridgehead atoms. The van der Waals surface area contributed by atoms with Gasteiger partial charge in [0.25, 0.3) is 0 Å². The van der Waals surface area contributed by atoms with Crippen molar-refractivity contribution in [1.82, 2.24) is 0 Å². The summed E-state index contributed by atoms with van der Waals surface area (Å²) in [5, 5.41) is 7.62. The van der Waals surface area contributed by atoms with Gasteiger partial charge in [-0.1, -0.05) is 39.5 Å². The smallest absolute Gasteiger partial charge is 0.0455 e. The molecular formula is C14H26N2. The van der Waals surface area contributed by atoms with Crippen LogP contribution in [-0.2, 0) is 0 Å². The zero-order valence-corrected chi connectivity index (χ0v) is 10.5. The van der Waals surface area contributed by atoms with Gasteiger partial charge in [0, 0.05) is 30.6 Å². The molecule has 0 aliphatic carbocycles. The van der Waals surface area contributed by atoms with E-state index in [9.17, 15) is 0 Å². The molecule has 0 unspecified atom stereocenters. The number of hydrogen-bond donors (Lipinski definition) is 1. The van der Waals surface area contributed by atoms with Crippen LogP contribution in [-0.4, -0.2) is 19.3 Å². The number of hydrogen-bond acceptors (Lipinski definition) is 2. The van der Waals surface area contributed by atoms with Crippen LogP contribution in [0, 0.1) is 5.41 Å². The third kappa shape index (κ3) is 4.47. The average Bonchev–Trinajstić information content (AvgIpc) is 2.30. The lowest BCUT2D eigenvalue weighted by molar-refractivity contribution is 0.966. The van der Waals surface area contributed by atoms with Gasteiger partial charge in [-0.3, -0.25) is 0 Å². The van der Waals surface area contributed by atoms with Gasteiger partial charge in [0.15, 0.2) is 0 Å². The van der Waals surface area contributed by atoms with E-state index >= 15 is 0 Å². The Morgan fingerprint density at radius 2 is 1.75 bits per heavy atom. The summed E-state index contributed by atoms with van der Waals surface area (Å²) in [6.45, 7) is 8.89. The Kier molecular flexibility index (Phi) is 9.57. The topological polar surface area (TPSA) is 27.1 Å². The molecule has 1 rings (SSSR count). The highest BCUT2D eigenvalue weighted by Crippen LogP contribution is 2.18. The summed E-state index contributed by atoms with van der Waals surface area (Å²) >= 11 is 0. The normalized spacial score (nSPS) is 8.31. The first kappa shape index (κ1) is 17.1. The summed E-state index contributed by atoms with van der Waals surface area (Å²) in [7, 11) is 2.04. The molecule has 0 aliphatic rings. The van der Waals surface area contributed by atoms with Gasteiger partial charge in [0.1, 0.15) is 0 Å². The van der Waals surface area contributed by atoms with E-state index in [2.05, 4.69) is 17.9 Å². The molecule has 0 amide bonds. The van der Waals surface area contributed by atoms with Crippen LogP contribution in [0.2, 0.25) is 0 Å². The van der Waals surface area contributed by atoms with Crippen molar-refractivity contribution >= 4 is 11.4 Å². The first-order valence-electron chi connectivity index (χ1n) is 5.52. The van der Waals surface area contributed by atoms with Crippen molar-refractivity contribution in [3.8, 4) is 0 Å². The fourth-order valence-corrected chi connectivity index (χ4v) is 1.29. The van der Waals surface area contributed by atoms with E-state index in [1.807, 2.05) is 46.0 Å². The van der Waals surface area contributed by atoms with Crippen LogP contribution in [0.5, 0.6) is 0 Å². The lowest BCUT2D eigenvalue weighted by Gasteiger charge is -2.19. The molecule has 0 saturated heterocycles. The van der Waals surface area contributed by atoms with Gasteiger partial charge >= 0.3 is 0 Å². The standard InChI is InChI=1S/C11H16N2.C2H6.CH4/c1-4-13(3)11-8-6-5-7-10(11)9(2)12;1-2;/h5-8,12H,4H2,1-3H3;1-2H3;1H4. The lowest BCUT2D eigenvalue weighted by atomic mass is 10.1. The quantitative estimate of drug-likeness (QED) is 0.763. The van der Waals surface area contributed by atoms with Crippen molar-refractivity contribution in [2.24, 2.45) is 0 Å². The molecule has 0 fully saturated rings. The summed E-state index contributed by atoms with van der Waals surface area (Å²) in [5.74, 6) is 0. The Hall–Kier alpha value is -1.31. The van der Waals surface area contributed by atoms with Crippen molar-refractivity contribution in [2.75, 3.05) is 18.5 Å². The molecule has 0 heterocycles. The van der Waals surface area contributed by atoms with Crippen LogP contribution in [0.25, 0.3) is 0 Å². The van der Waals surface area contributed by atoms with E-state index in [4.69, 9.17) is 5.41 Å². The number of nitrogens with one attached hydrogen (secondary N) is 1. The molecule has 16 heavy (non-hydrogen) atoms. The first-order chi connectivity index (χ1) is 7.16. The first-order valence-corrected chi connectivity index (χ1v) is 5.52. The third-order valence-electron chi connectivity index (χ3n) is 2.19. The second-order valence-corrected chi connectivity index (χ2v) is 3.16. The fraction of sp³-hybridized carbons (Fsp3) is 0.500. The monoisotopic (exact) mass is 222 g/mol. The zero-order valence-electron chi connectivity index (χ0n) is 10.5. The van der Waals surface area contributed by atoms with E-state index in [0.717, 1.165) is 17.8 Å². The Morgan fingerprint density at radius 1 is 1.25 bits per heavy atom. The van der Waals surface area contributed by atoms with Gasteiger partial charge in [-0.25, -0.2) is 0 Å². The van der Waals surface area contributed by atoms with Crippen LogP contribution in [0.3, 0.4) is 0 Å². The molecule has 1 N–H and O–H groups in total. The second-order valence-electron chi connectivity index (χ2n) is 3.16. The van der Waals surface area contributed by atoms with Crippen molar-refractivity contribution in [1.29, 1.82) is 5.41 Å². The van der Waals surface area contributed by atoms with Gasteiger partial charge in [-0.2, -0.15) is 0 Å². The number of benzene rings is 1. The SMILES string of the molecule is C.CC.CCN(C)c1ccccc1C(C)=N. The molecule has 0 atom stereocenters. The van der Waals surface area contributed by atoms with Gasteiger partial charge < -0.3 is 10.3 Å². The minimum absolute atomic E-state index is 0. The molecule has 0 aromatic heterocycles. The Morgan fingerprint density at radius 3 is 2.19 bits per heavy atom. The highest BCUT2D eigenvalue weighted by atomic mass is 15.1. The predicted octanol–water partition coefficient (Wildman–Crippen LogP) is 4.19. The molecule has 1 aromatic rings. The minimum Gasteiger partial charge on any atom is -0.374 e. The van der Waals surface area contributed by atoms with Crippen LogP contribution < -0.4 is 4.90 Å². The van der Waals surface area contributed by atoms with Gasteiger partial charge in [-0.05, 0) is 19.9 Å². The van der Waals surface area contributed by atoms with Gasteiger partial charge in [0.2, 0.25) is 0 Å². The van der Waals surface area contributed by atoms with Crippen LogP contribution in [0.15, 0.2) is 24.3 Å². The molecule has 0 saturated carbocycles. The van der Waals surface area contributed by atoms with Gasteiger partial charge in [0.05, 0.1) is 0 Å². The van der Waals surface area contributed by atoms with Crippen molar-refractivity contribution < 1.29 is 0 Å². The molecule has 0 aliphatic heterocycles. The van der Waals surface area contributed by atoms with Crippen LogP contribution >= 0.6 is 0 Å². The van der Waals surface area contributed by atoms with E-state index < -0.39 is 0 Å². The van der Waals surface area contributed by atoms with E-state index in [0.29, 0.717) is 5.71 Å².